The number of hydrogen-bond acceptors (Lipinski definition) is 3. The number of nitrogens with one attached hydrogen (secondary N) is 1. The van der Waals surface area contributed by atoms with E-state index in [-0.39, 0.29) is 28.6 Å². The second kappa shape index (κ2) is 5.61. The fraction of sp³-hybridized carbons (Fsp3) is 0.389. The van der Waals surface area contributed by atoms with Crippen molar-refractivity contribution < 1.29 is 4.79 Å². The normalized spacial score (nSPS) is 15.3. The van der Waals surface area contributed by atoms with Crippen molar-refractivity contribution in [3.05, 3.63) is 56.4 Å². The van der Waals surface area contributed by atoms with Crippen LogP contribution < -0.4 is 11.2 Å². The van der Waals surface area contributed by atoms with Gasteiger partial charge in [0.15, 0.2) is 5.78 Å². The number of fused-ring (bicyclic) bond motifs is 1. The van der Waals surface area contributed by atoms with Crippen molar-refractivity contribution >= 4 is 16.8 Å². The van der Waals surface area contributed by atoms with E-state index >= 15 is 0 Å². The molecule has 0 amide bonds. The summed E-state index contributed by atoms with van der Waals surface area (Å²) in [4.78, 5) is 37.4. The number of aromatic nitrogens is 4. The van der Waals surface area contributed by atoms with Crippen LogP contribution in [0.15, 0.2) is 34.0 Å². The van der Waals surface area contributed by atoms with Gasteiger partial charge in [-0.1, -0.05) is 12.8 Å². The van der Waals surface area contributed by atoms with Gasteiger partial charge < -0.3 is 5.10 Å². The standard InChI is InChI=1S/C18H20N4O3/c1-20-14-8-7-11(16(23)13-10-19-21(2)17(13)24)9-15(14)22(18(20)25)12-5-3-4-6-12/h7-10,12,19H,3-6H2,1-2H3. The van der Waals surface area contributed by atoms with Gasteiger partial charge in [0, 0.05) is 31.9 Å². The van der Waals surface area contributed by atoms with Gasteiger partial charge in [0.05, 0.1) is 11.0 Å². The van der Waals surface area contributed by atoms with Crippen LogP contribution in [0, 0.1) is 0 Å². The summed E-state index contributed by atoms with van der Waals surface area (Å²) in [6.45, 7) is 0. The van der Waals surface area contributed by atoms with Crippen LogP contribution in [0.5, 0.6) is 0 Å². The molecule has 0 saturated heterocycles. The third-order valence-corrected chi connectivity index (χ3v) is 5.22. The Morgan fingerprint density at radius 2 is 1.84 bits per heavy atom. The van der Waals surface area contributed by atoms with Gasteiger partial charge in [-0.05, 0) is 31.0 Å². The lowest BCUT2D eigenvalue weighted by Gasteiger charge is -2.11. The van der Waals surface area contributed by atoms with E-state index in [1.807, 2.05) is 4.57 Å². The summed E-state index contributed by atoms with van der Waals surface area (Å²) in [6.07, 6.45) is 5.62. The summed E-state index contributed by atoms with van der Waals surface area (Å²) in [6, 6.07) is 5.38. The summed E-state index contributed by atoms with van der Waals surface area (Å²) in [5, 5.41) is 2.72. The van der Waals surface area contributed by atoms with Crippen molar-refractivity contribution in [1.82, 2.24) is 18.9 Å². The van der Waals surface area contributed by atoms with E-state index < -0.39 is 0 Å². The minimum absolute atomic E-state index is 0.0518. The molecule has 1 fully saturated rings. The van der Waals surface area contributed by atoms with Crippen molar-refractivity contribution in [2.75, 3.05) is 0 Å². The lowest BCUT2D eigenvalue weighted by atomic mass is 10.1. The SMILES string of the molecule is Cn1[nH]cc(C(=O)c2ccc3c(c2)n(C2CCCC2)c(=O)n3C)c1=O. The molecule has 7 nitrogen and oxygen atoms in total. The van der Waals surface area contributed by atoms with E-state index in [4.69, 9.17) is 0 Å². The van der Waals surface area contributed by atoms with Gasteiger partial charge >= 0.3 is 5.69 Å². The Kier molecular flexibility index (Phi) is 3.52. The zero-order valence-corrected chi connectivity index (χ0v) is 14.3. The maximum atomic E-state index is 12.7. The summed E-state index contributed by atoms with van der Waals surface area (Å²) < 4.78 is 4.70. The van der Waals surface area contributed by atoms with Crippen molar-refractivity contribution in [1.29, 1.82) is 0 Å². The Bertz CT molecular complexity index is 1090. The molecule has 0 atom stereocenters. The number of ketones is 1. The first kappa shape index (κ1) is 15.7. The smallest absolute Gasteiger partial charge is 0.302 e. The maximum Gasteiger partial charge on any atom is 0.329 e. The maximum absolute atomic E-state index is 12.7. The minimum Gasteiger partial charge on any atom is -0.302 e. The lowest BCUT2D eigenvalue weighted by molar-refractivity contribution is 0.103. The van der Waals surface area contributed by atoms with Gasteiger partial charge in [0.25, 0.3) is 5.56 Å². The molecule has 130 valence electrons. The second-order valence-electron chi connectivity index (χ2n) is 6.73. The third kappa shape index (κ3) is 2.30. The van der Waals surface area contributed by atoms with Gasteiger partial charge in [0.1, 0.15) is 5.56 Å². The molecule has 4 rings (SSSR count). The average Bonchev–Trinajstić information content (AvgIpc) is 3.30. The van der Waals surface area contributed by atoms with E-state index in [9.17, 15) is 14.4 Å². The van der Waals surface area contributed by atoms with Crippen molar-refractivity contribution in [3.63, 3.8) is 0 Å². The molecule has 1 aromatic carbocycles. The Morgan fingerprint density at radius 1 is 1.12 bits per heavy atom. The largest absolute Gasteiger partial charge is 0.329 e. The fourth-order valence-corrected chi connectivity index (χ4v) is 3.80. The number of rotatable bonds is 3. The highest BCUT2D eigenvalue weighted by Gasteiger charge is 2.24. The zero-order chi connectivity index (χ0) is 17.7. The van der Waals surface area contributed by atoms with Crippen molar-refractivity contribution in [2.45, 2.75) is 31.7 Å². The van der Waals surface area contributed by atoms with Gasteiger partial charge in [0.2, 0.25) is 0 Å². The van der Waals surface area contributed by atoms with Crippen LogP contribution in [0.2, 0.25) is 0 Å². The van der Waals surface area contributed by atoms with Gasteiger partial charge in [-0.3, -0.25) is 23.4 Å². The first-order valence-corrected chi connectivity index (χ1v) is 8.49. The third-order valence-electron chi connectivity index (χ3n) is 5.22. The Labute approximate surface area is 143 Å². The average molecular weight is 340 g/mol. The van der Waals surface area contributed by atoms with Gasteiger partial charge in [-0.15, -0.1) is 0 Å². The van der Waals surface area contributed by atoms with E-state index in [0.29, 0.717) is 5.56 Å². The molecule has 0 bridgehead atoms. The van der Waals surface area contributed by atoms with E-state index in [1.165, 1.54) is 10.9 Å². The van der Waals surface area contributed by atoms with Crippen LogP contribution in [-0.4, -0.2) is 24.7 Å². The van der Waals surface area contributed by atoms with Gasteiger partial charge in [-0.2, -0.15) is 0 Å². The first-order valence-electron chi connectivity index (χ1n) is 8.49. The highest BCUT2D eigenvalue weighted by atomic mass is 16.2. The van der Waals surface area contributed by atoms with Crippen LogP contribution >= 0.6 is 0 Å². The molecule has 1 N–H and O–H groups in total. The van der Waals surface area contributed by atoms with E-state index in [2.05, 4.69) is 5.10 Å². The Balaban J connectivity index is 1.88. The van der Waals surface area contributed by atoms with Crippen LogP contribution in [0.25, 0.3) is 11.0 Å². The quantitative estimate of drug-likeness (QED) is 0.737. The molecule has 1 aliphatic carbocycles. The molecule has 2 aromatic heterocycles. The number of H-pyrrole nitrogens is 1. The number of aryl methyl sites for hydroxylation is 2. The predicted octanol–water partition coefficient (Wildman–Crippen LogP) is 1.71. The number of aromatic amines is 1. The molecule has 2 heterocycles. The molecule has 1 saturated carbocycles. The molecule has 0 radical (unpaired) electrons. The molecule has 0 spiro atoms. The second-order valence-corrected chi connectivity index (χ2v) is 6.73. The highest BCUT2D eigenvalue weighted by molar-refractivity contribution is 6.10. The molecule has 1 aliphatic rings. The Morgan fingerprint density at radius 3 is 2.48 bits per heavy atom. The fourth-order valence-electron chi connectivity index (χ4n) is 3.80. The summed E-state index contributed by atoms with van der Waals surface area (Å²) in [5.74, 6) is -0.335. The van der Waals surface area contributed by atoms with E-state index in [1.54, 1.807) is 36.9 Å². The first-order chi connectivity index (χ1) is 12.0. The number of nitrogens with zero attached hydrogens (tertiary/aromatic N) is 3. The summed E-state index contributed by atoms with van der Waals surface area (Å²) >= 11 is 0. The molecule has 25 heavy (non-hydrogen) atoms. The number of carbonyl (C=O) groups excluding carboxylic acids is 1. The molecular formula is C18H20N4O3. The number of benzene rings is 1. The van der Waals surface area contributed by atoms with E-state index in [0.717, 1.165) is 36.7 Å². The summed E-state index contributed by atoms with van der Waals surface area (Å²) in [7, 11) is 3.32. The van der Waals surface area contributed by atoms with Gasteiger partial charge in [-0.25, -0.2) is 4.79 Å². The lowest BCUT2D eigenvalue weighted by Crippen LogP contribution is -2.24. The predicted molar refractivity (Wildman–Crippen MR) is 94.2 cm³/mol. The van der Waals surface area contributed by atoms with Crippen molar-refractivity contribution in [3.8, 4) is 0 Å². The monoisotopic (exact) mass is 340 g/mol. The van der Waals surface area contributed by atoms with Crippen molar-refractivity contribution in [2.24, 2.45) is 14.1 Å². The minimum atomic E-state index is -0.355. The van der Waals surface area contributed by atoms with Crippen LogP contribution in [0.1, 0.15) is 47.6 Å². The topological polar surface area (TPSA) is 81.8 Å². The number of carbonyl (C=O) groups is 1. The number of hydrogen-bond donors (Lipinski definition) is 1. The Hall–Kier alpha value is -2.83. The number of imidazole rings is 1. The summed E-state index contributed by atoms with van der Waals surface area (Å²) in [5.41, 5.74) is 1.68. The molecule has 3 aromatic rings. The molecular weight excluding hydrogens is 320 g/mol. The molecule has 0 aliphatic heterocycles. The zero-order valence-electron chi connectivity index (χ0n) is 14.3. The van der Waals surface area contributed by atoms with Crippen LogP contribution in [0.3, 0.4) is 0 Å². The highest BCUT2D eigenvalue weighted by Crippen LogP contribution is 2.31. The molecule has 7 heteroatoms. The molecule has 0 unspecified atom stereocenters. The van der Waals surface area contributed by atoms with Crippen LogP contribution in [-0.2, 0) is 14.1 Å². The van der Waals surface area contributed by atoms with Crippen LogP contribution in [0.4, 0.5) is 0 Å².